The first-order valence-electron chi connectivity index (χ1n) is 7.36. The Morgan fingerprint density at radius 2 is 1.86 bits per heavy atom. The van der Waals surface area contributed by atoms with Crippen molar-refractivity contribution in [3.63, 3.8) is 0 Å². The van der Waals surface area contributed by atoms with E-state index in [2.05, 4.69) is 21.5 Å². The Balaban J connectivity index is 1.67. The van der Waals surface area contributed by atoms with E-state index in [1.54, 1.807) is 24.5 Å². The average molecular weight is 284 g/mol. The minimum atomic E-state index is 0.106. The lowest BCUT2D eigenvalue weighted by molar-refractivity contribution is 0.0693. The molecule has 2 aromatic heterocycles. The fourth-order valence-corrected chi connectivity index (χ4v) is 3.12. The summed E-state index contributed by atoms with van der Waals surface area (Å²) < 4.78 is 2.30. The standard InChI is InChI=1S/C16H20N4O/c1-12-11-18-13(2)20(12)15-5-9-19(10-6-15)16(21)14-3-7-17-8-4-14/h3-4,7-8,11,15H,5-6,9-10H2,1-2H3. The monoisotopic (exact) mass is 284 g/mol. The van der Waals surface area contributed by atoms with Crippen molar-refractivity contribution in [3.05, 3.63) is 47.8 Å². The molecule has 5 nitrogen and oxygen atoms in total. The van der Waals surface area contributed by atoms with Crippen LogP contribution in [-0.4, -0.2) is 38.4 Å². The van der Waals surface area contributed by atoms with Gasteiger partial charge in [0.25, 0.3) is 5.91 Å². The maximum Gasteiger partial charge on any atom is 0.253 e. The van der Waals surface area contributed by atoms with Gasteiger partial charge >= 0.3 is 0 Å². The van der Waals surface area contributed by atoms with Crippen LogP contribution in [0.3, 0.4) is 0 Å². The summed E-state index contributed by atoms with van der Waals surface area (Å²) >= 11 is 0. The number of aromatic nitrogens is 3. The van der Waals surface area contributed by atoms with Crippen LogP contribution in [0.15, 0.2) is 30.7 Å². The van der Waals surface area contributed by atoms with Crippen molar-refractivity contribution in [1.29, 1.82) is 0 Å². The van der Waals surface area contributed by atoms with Crippen molar-refractivity contribution < 1.29 is 4.79 Å². The molecule has 0 N–H and O–H groups in total. The van der Waals surface area contributed by atoms with Crippen LogP contribution < -0.4 is 0 Å². The van der Waals surface area contributed by atoms with Gasteiger partial charge in [0.05, 0.1) is 0 Å². The minimum absolute atomic E-state index is 0.106. The molecule has 1 fully saturated rings. The lowest BCUT2D eigenvalue weighted by Crippen LogP contribution is -2.39. The second-order valence-electron chi connectivity index (χ2n) is 5.58. The number of rotatable bonds is 2. The summed E-state index contributed by atoms with van der Waals surface area (Å²) in [6, 6.07) is 4.01. The molecule has 0 atom stereocenters. The highest BCUT2D eigenvalue weighted by atomic mass is 16.2. The predicted molar refractivity (Wildman–Crippen MR) is 80.1 cm³/mol. The third-order valence-electron chi connectivity index (χ3n) is 4.21. The summed E-state index contributed by atoms with van der Waals surface area (Å²) in [6.07, 6.45) is 7.21. The highest BCUT2D eigenvalue weighted by molar-refractivity contribution is 5.94. The molecule has 21 heavy (non-hydrogen) atoms. The summed E-state index contributed by atoms with van der Waals surface area (Å²) in [5.41, 5.74) is 1.92. The predicted octanol–water partition coefficient (Wildman–Crippen LogP) is 2.37. The molecule has 0 aliphatic carbocycles. The number of piperidine rings is 1. The van der Waals surface area contributed by atoms with E-state index in [4.69, 9.17) is 0 Å². The molecule has 0 saturated carbocycles. The maximum absolute atomic E-state index is 12.4. The minimum Gasteiger partial charge on any atom is -0.338 e. The van der Waals surface area contributed by atoms with Gasteiger partial charge in [-0.2, -0.15) is 0 Å². The first kappa shape index (κ1) is 13.8. The Morgan fingerprint density at radius 1 is 1.19 bits per heavy atom. The van der Waals surface area contributed by atoms with E-state index in [9.17, 15) is 4.79 Å². The fraction of sp³-hybridized carbons (Fsp3) is 0.438. The second-order valence-corrected chi connectivity index (χ2v) is 5.58. The van der Waals surface area contributed by atoms with Crippen molar-refractivity contribution in [3.8, 4) is 0 Å². The van der Waals surface area contributed by atoms with Gasteiger partial charge in [-0.3, -0.25) is 9.78 Å². The number of hydrogen-bond donors (Lipinski definition) is 0. The van der Waals surface area contributed by atoms with Crippen LogP contribution in [0.1, 0.15) is 40.8 Å². The average Bonchev–Trinajstić information content (AvgIpc) is 2.87. The Hall–Kier alpha value is -2.17. The highest BCUT2D eigenvalue weighted by Gasteiger charge is 2.25. The number of nitrogens with zero attached hydrogens (tertiary/aromatic N) is 4. The van der Waals surface area contributed by atoms with Gasteiger partial charge in [-0.05, 0) is 38.8 Å². The molecule has 3 heterocycles. The topological polar surface area (TPSA) is 51.0 Å². The molecule has 0 aromatic carbocycles. The van der Waals surface area contributed by atoms with Gasteiger partial charge in [0.15, 0.2) is 0 Å². The molecule has 1 aliphatic heterocycles. The van der Waals surface area contributed by atoms with Crippen molar-refractivity contribution in [2.75, 3.05) is 13.1 Å². The lowest BCUT2D eigenvalue weighted by atomic mass is 10.0. The SMILES string of the molecule is Cc1cnc(C)n1C1CCN(C(=O)c2ccncc2)CC1. The zero-order valence-electron chi connectivity index (χ0n) is 12.5. The number of amides is 1. The Labute approximate surface area is 124 Å². The molecule has 3 rings (SSSR count). The van der Waals surface area contributed by atoms with Crippen LogP contribution in [0.25, 0.3) is 0 Å². The molecule has 5 heteroatoms. The van der Waals surface area contributed by atoms with Crippen molar-refractivity contribution in [2.24, 2.45) is 0 Å². The molecule has 0 radical (unpaired) electrons. The molecular formula is C16H20N4O. The van der Waals surface area contributed by atoms with E-state index in [0.717, 1.165) is 37.3 Å². The van der Waals surface area contributed by atoms with E-state index < -0.39 is 0 Å². The van der Waals surface area contributed by atoms with Gasteiger partial charge < -0.3 is 9.47 Å². The van der Waals surface area contributed by atoms with E-state index >= 15 is 0 Å². The van der Waals surface area contributed by atoms with Crippen LogP contribution >= 0.6 is 0 Å². The van der Waals surface area contributed by atoms with Gasteiger partial charge in [0, 0.05) is 49.0 Å². The maximum atomic E-state index is 12.4. The van der Waals surface area contributed by atoms with Crippen LogP contribution in [0.5, 0.6) is 0 Å². The first-order chi connectivity index (χ1) is 10.2. The number of pyridine rings is 1. The lowest BCUT2D eigenvalue weighted by Gasteiger charge is -2.33. The molecule has 0 unspecified atom stereocenters. The number of aryl methyl sites for hydroxylation is 2. The molecule has 0 spiro atoms. The quantitative estimate of drug-likeness (QED) is 0.850. The molecule has 1 amide bonds. The van der Waals surface area contributed by atoms with Crippen LogP contribution in [0.2, 0.25) is 0 Å². The summed E-state index contributed by atoms with van der Waals surface area (Å²) in [5, 5.41) is 0. The van der Waals surface area contributed by atoms with Gasteiger partial charge in [0.2, 0.25) is 0 Å². The number of carbonyl (C=O) groups excluding carboxylic acids is 1. The molecule has 2 aromatic rings. The summed E-state index contributed by atoms with van der Waals surface area (Å²) in [4.78, 5) is 22.7. The van der Waals surface area contributed by atoms with E-state index in [-0.39, 0.29) is 5.91 Å². The first-order valence-corrected chi connectivity index (χ1v) is 7.36. The summed E-state index contributed by atoms with van der Waals surface area (Å²) in [7, 11) is 0. The number of carbonyl (C=O) groups is 1. The van der Waals surface area contributed by atoms with Gasteiger partial charge in [0.1, 0.15) is 5.82 Å². The smallest absolute Gasteiger partial charge is 0.253 e. The van der Waals surface area contributed by atoms with Crippen LogP contribution in [-0.2, 0) is 0 Å². The number of hydrogen-bond acceptors (Lipinski definition) is 3. The summed E-state index contributed by atoms with van der Waals surface area (Å²) in [6.45, 7) is 5.72. The van der Waals surface area contributed by atoms with E-state index in [1.165, 1.54) is 5.69 Å². The molecule has 0 bridgehead atoms. The van der Waals surface area contributed by atoms with Crippen LogP contribution in [0.4, 0.5) is 0 Å². The van der Waals surface area contributed by atoms with Gasteiger partial charge in [-0.25, -0.2) is 4.98 Å². The zero-order chi connectivity index (χ0) is 14.8. The normalized spacial score (nSPS) is 16.2. The van der Waals surface area contributed by atoms with E-state index in [1.807, 2.05) is 18.0 Å². The zero-order valence-corrected chi connectivity index (χ0v) is 12.5. The molecule has 1 aliphatic rings. The third kappa shape index (κ3) is 2.68. The third-order valence-corrected chi connectivity index (χ3v) is 4.21. The summed E-state index contributed by atoms with van der Waals surface area (Å²) in [5.74, 6) is 1.17. The Bertz CT molecular complexity index is 607. The van der Waals surface area contributed by atoms with Crippen LogP contribution in [0, 0.1) is 13.8 Å². The fourth-order valence-electron chi connectivity index (χ4n) is 3.12. The van der Waals surface area contributed by atoms with Crippen molar-refractivity contribution >= 4 is 5.91 Å². The van der Waals surface area contributed by atoms with E-state index in [0.29, 0.717) is 6.04 Å². The van der Waals surface area contributed by atoms with Gasteiger partial charge in [-0.15, -0.1) is 0 Å². The molecule has 1 saturated heterocycles. The molecule has 110 valence electrons. The van der Waals surface area contributed by atoms with Gasteiger partial charge in [-0.1, -0.05) is 0 Å². The van der Waals surface area contributed by atoms with Crippen molar-refractivity contribution in [1.82, 2.24) is 19.4 Å². The molecular weight excluding hydrogens is 264 g/mol. The largest absolute Gasteiger partial charge is 0.338 e. The Kier molecular flexibility index (Phi) is 3.73. The second kappa shape index (κ2) is 5.68. The number of likely N-dealkylation sites (tertiary alicyclic amines) is 1. The van der Waals surface area contributed by atoms with Crippen molar-refractivity contribution in [2.45, 2.75) is 32.7 Å². The Morgan fingerprint density at radius 3 is 2.43 bits per heavy atom. The number of imidazole rings is 1. The highest BCUT2D eigenvalue weighted by Crippen LogP contribution is 2.26.